The van der Waals surface area contributed by atoms with E-state index in [4.69, 9.17) is 0 Å². The summed E-state index contributed by atoms with van der Waals surface area (Å²) in [6, 6.07) is 0. The lowest BCUT2D eigenvalue weighted by molar-refractivity contribution is -0.138. The van der Waals surface area contributed by atoms with Gasteiger partial charge >= 0.3 is 0 Å². The minimum atomic E-state index is -0.283. The van der Waals surface area contributed by atoms with E-state index in [2.05, 4.69) is 5.32 Å². The number of ketones is 1. The van der Waals surface area contributed by atoms with Gasteiger partial charge in [-0.3, -0.25) is 24.1 Å². The molecule has 1 aliphatic rings. The van der Waals surface area contributed by atoms with Crippen LogP contribution in [0.1, 0.15) is 52.4 Å². The lowest BCUT2D eigenvalue weighted by atomic mass is 10.2. The van der Waals surface area contributed by atoms with Gasteiger partial charge in [0.2, 0.25) is 17.7 Å². The van der Waals surface area contributed by atoms with Crippen molar-refractivity contribution < 1.29 is 19.2 Å². The molecule has 0 aromatic heterocycles. The first kappa shape index (κ1) is 19.7. The van der Waals surface area contributed by atoms with Gasteiger partial charge in [0.1, 0.15) is 5.78 Å². The zero-order valence-corrected chi connectivity index (χ0v) is 14.7. The Morgan fingerprint density at radius 2 is 1.87 bits per heavy atom. The molecule has 23 heavy (non-hydrogen) atoms. The molecule has 7 heteroatoms. The van der Waals surface area contributed by atoms with E-state index in [1.807, 2.05) is 0 Å². The van der Waals surface area contributed by atoms with E-state index in [0.717, 1.165) is 31.4 Å². The standard InChI is InChI=1S/C16H26N2O4S/c1-12(19)7-9-18-15(21)11-14(16(18)22)23-10-6-4-3-5-8-17-13(2)20/h14H,3-11H2,1-2H3,(H,17,20). The first-order valence-corrected chi connectivity index (χ1v) is 9.16. The van der Waals surface area contributed by atoms with Gasteiger partial charge in [0.25, 0.3) is 0 Å². The average Bonchev–Trinajstić information content (AvgIpc) is 2.73. The predicted molar refractivity (Wildman–Crippen MR) is 90.0 cm³/mol. The number of likely N-dealkylation sites (tertiary alicyclic amines) is 1. The number of hydrogen-bond donors (Lipinski definition) is 1. The predicted octanol–water partition coefficient (Wildman–Crippen LogP) is 1.52. The Bertz CT molecular complexity index is 453. The number of amides is 3. The Balaban J connectivity index is 2.13. The first-order chi connectivity index (χ1) is 10.9. The fraction of sp³-hybridized carbons (Fsp3) is 0.750. The molecule has 0 aliphatic carbocycles. The van der Waals surface area contributed by atoms with E-state index < -0.39 is 0 Å². The van der Waals surface area contributed by atoms with Crippen molar-refractivity contribution >= 4 is 35.3 Å². The van der Waals surface area contributed by atoms with Crippen molar-refractivity contribution in [3.8, 4) is 0 Å². The van der Waals surface area contributed by atoms with Crippen LogP contribution in [0.4, 0.5) is 0 Å². The summed E-state index contributed by atoms with van der Waals surface area (Å²) in [5.41, 5.74) is 0. The van der Waals surface area contributed by atoms with Crippen molar-refractivity contribution in [2.45, 2.75) is 57.6 Å². The fourth-order valence-corrected chi connectivity index (χ4v) is 3.54. The van der Waals surface area contributed by atoms with E-state index in [1.54, 1.807) is 0 Å². The topological polar surface area (TPSA) is 83.6 Å². The summed E-state index contributed by atoms with van der Waals surface area (Å²) < 4.78 is 0. The third-order valence-corrected chi connectivity index (χ3v) is 4.95. The van der Waals surface area contributed by atoms with Gasteiger partial charge in [0, 0.05) is 32.9 Å². The molecule has 1 heterocycles. The van der Waals surface area contributed by atoms with Crippen molar-refractivity contribution in [2.75, 3.05) is 18.8 Å². The first-order valence-electron chi connectivity index (χ1n) is 8.11. The number of imide groups is 1. The third-order valence-electron chi connectivity index (χ3n) is 3.65. The number of nitrogens with zero attached hydrogens (tertiary/aromatic N) is 1. The summed E-state index contributed by atoms with van der Waals surface area (Å²) in [6.45, 7) is 3.90. The lowest BCUT2D eigenvalue weighted by Gasteiger charge is -2.13. The van der Waals surface area contributed by atoms with E-state index in [9.17, 15) is 19.2 Å². The minimum Gasteiger partial charge on any atom is -0.356 e. The van der Waals surface area contributed by atoms with E-state index in [0.29, 0.717) is 6.54 Å². The molecule has 0 bridgehead atoms. The van der Waals surface area contributed by atoms with E-state index >= 15 is 0 Å². The highest BCUT2D eigenvalue weighted by Crippen LogP contribution is 2.26. The second-order valence-corrected chi connectivity index (χ2v) is 7.11. The van der Waals surface area contributed by atoms with Crippen LogP contribution in [0, 0.1) is 0 Å². The molecular formula is C16H26N2O4S. The van der Waals surface area contributed by atoms with Crippen LogP contribution in [-0.2, 0) is 19.2 Å². The van der Waals surface area contributed by atoms with E-state index in [-0.39, 0.29) is 48.1 Å². The zero-order valence-electron chi connectivity index (χ0n) is 13.9. The monoisotopic (exact) mass is 342 g/mol. The normalized spacial score (nSPS) is 17.7. The molecule has 0 aromatic carbocycles. The highest BCUT2D eigenvalue weighted by atomic mass is 32.2. The number of Topliss-reactive ketones (excluding diaryl/α,β-unsaturated/α-hetero) is 1. The number of hydrogen-bond acceptors (Lipinski definition) is 5. The van der Waals surface area contributed by atoms with Crippen LogP contribution >= 0.6 is 11.8 Å². The smallest absolute Gasteiger partial charge is 0.242 e. The highest BCUT2D eigenvalue weighted by molar-refractivity contribution is 8.00. The van der Waals surface area contributed by atoms with Crippen LogP contribution in [0.15, 0.2) is 0 Å². The molecule has 0 spiro atoms. The van der Waals surface area contributed by atoms with Crippen molar-refractivity contribution in [1.82, 2.24) is 10.2 Å². The summed E-state index contributed by atoms with van der Waals surface area (Å²) in [4.78, 5) is 46.8. The molecule has 0 radical (unpaired) electrons. The van der Waals surface area contributed by atoms with Crippen LogP contribution in [-0.4, -0.2) is 52.5 Å². The Labute approximate surface area is 141 Å². The largest absolute Gasteiger partial charge is 0.356 e. The van der Waals surface area contributed by atoms with Gasteiger partial charge in [-0.05, 0) is 25.5 Å². The molecule has 0 saturated carbocycles. The molecule has 1 fully saturated rings. The van der Waals surface area contributed by atoms with E-state index in [1.165, 1.54) is 30.5 Å². The van der Waals surface area contributed by atoms with Crippen molar-refractivity contribution in [2.24, 2.45) is 0 Å². The number of unbranched alkanes of at least 4 members (excludes halogenated alkanes) is 3. The molecule has 1 aliphatic heterocycles. The Morgan fingerprint density at radius 1 is 1.17 bits per heavy atom. The molecular weight excluding hydrogens is 316 g/mol. The van der Waals surface area contributed by atoms with Crippen molar-refractivity contribution in [1.29, 1.82) is 0 Å². The van der Waals surface area contributed by atoms with Crippen LogP contribution in [0.2, 0.25) is 0 Å². The number of carbonyl (C=O) groups excluding carboxylic acids is 4. The van der Waals surface area contributed by atoms with Gasteiger partial charge in [0.15, 0.2) is 0 Å². The Morgan fingerprint density at radius 3 is 2.52 bits per heavy atom. The number of carbonyl (C=O) groups is 4. The summed E-state index contributed by atoms with van der Waals surface area (Å²) in [5.74, 6) is 0.529. The molecule has 1 atom stereocenters. The van der Waals surface area contributed by atoms with Gasteiger partial charge < -0.3 is 5.32 Å². The quantitative estimate of drug-likeness (QED) is 0.455. The molecule has 1 unspecified atom stereocenters. The molecule has 1 N–H and O–H groups in total. The number of nitrogens with one attached hydrogen (secondary N) is 1. The lowest BCUT2D eigenvalue weighted by Crippen LogP contribution is -2.33. The summed E-state index contributed by atoms with van der Waals surface area (Å²) in [5, 5.41) is 2.48. The van der Waals surface area contributed by atoms with Crippen LogP contribution in [0.25, 0.3) is 0 Å². The second-order valence-electron chi connectivity index (χ2n) is 5.80. The molecule has 1 saturated heterocycles. The van der Waals surface area contributed by atoms with Crippen LogP contribution in [0.5, 0.6) is 0 Å². The molecule has 6 nitrogen and oxygen atoms in total. The van der Waals surface area contributed by atoms with Crippen LogP contribution < -0.4 is 5.32 Å². The summed E-state index contributed by atoms with van der Waals surface area (Å²) in [6.07, 6.45) is 4.55. The van der Waals surface area contributed by atoms with Gasteiger partial charge in [-0.15, -0.1) is 11.8 Å². The second kappa shape index (κ2) is 10.4. The SMILES string of the molecule is CC(=O)CCN1C(=O)CC(SCCCCCCNC(C)=O)C1=O. The highest BCUT2D eigenvalue weighted by Gasteiger charge is 2.38. The number of rotatable bonds is 11. The Kier molecular flexibility index (Phi) is 8.91. The maximum absolute atomic E-state index is 12.1. The number of thioether (sulfide) groups is 1. The molecule has 130 valence electrons. The maximum Gasteiger partial charge on any atom is 0.242 e. The molecule has 3 amide bonds. The van der Waals surface area contributed by atoms with Crippen molar-refractivity contribution in [3.63, 3.8) is 0 Å². The Hall–Kier alpha value is -1.37. The van der Waals surface area contributed by atoms with Gasteiger partial charge in [-0.1, -0.05) is 12.8 Å². The average molecular weight is 342 g/mol. The van der Waals surface area contributed by atoms with Gasteiger partial charge in [0.05, 0.1) is 5.25 Å². The van der Waals surface area contributed by atoms with Crippen LogP contribution in [0.3, 0.4) is 0 Å². The minimum absolute atomic E-state index is 0.000652. The molecule has 0 aromatic rings. The summed E-state index contributed by atoms with van der Waals surface area (Å²) in [7, 11) is 0. The van der Waals surface area contributed by atoms with Gasteiger partial charge in [-0.25, -0.2) is 0 Å². The summed E-state index contributed by atoms with van der Waals surface area (Å²) >= 11 is 1.54. The molecule has 1 rings (SSSR count). The van der Waals surface area contributed by atoms with Crippen molar-refractivity contribution in [3.05, 3.63) is 0 Å². The maximum atomic E-state index is 12.1. The fourth-order valence-electron chi connectivity index (χ4n) is 2.36. The zero-order chi connectivity index (χ0) is 17.2. The third kappa shape index (κ3) is 7.63. The van der Waals surface area contributed by atoms with Gasteiger partial charge in [-0.2, -0.15) is 0 Å².